The van der Waals surface area contributed by atoms with Crippen molar-refractivity contribution in [3.8, 4) is 0 Å². The predicted octanol–water partition coefficient (Wildman–Crippen LogP) is 2.21. The van der Waals surface area contributed by atoms with Crippen LogP contribution in [0.5, 0.6) is 0 Å². The number of hydrogen-bond acceptors (Lipinski definition) is 5. The molecule has 6 nitrogen and oxygen atoms in total. The summed E-state index contributed by atoms with van der Waals surface area (Å²) in [6.07, 6.45) is 0.0627. The van der Waals surface area contributed by atoms with Crippen molar-refractivity contribution in [2.45, 2.75) is 13.0 Å². The van der Waals surface area contributed by atoms with Crippen molar-refractivity contribution >= 4 is 51.3 Å². The zero-order chi connectivity index (χ0) is 14.5. The molecule has 20 heavy (non-hydrogen) atoms. The van der Waals surface area contributed by atoms with Gasteiger partial charge in [0.2, 0.25) is 5.91 Å². The molecule has 2 aromatic heterocycles. The van der Waals surface area contributed by atoms with Crippen LogP contribution in [0.4, 0.5) is 9.93 Å². The number of nitrogens with zero attached hydrogens (tertiary/aromatic N) is 1. The molecule has 0 radical (unpaired) electrons. The zero-order valence-electron chi connectivity index (χ0n) is 10.2. The maximum atomic E-state index is 11.6. The summed E-state index contributed by atoms with van der Waals surface area (Å²) in [4.78, 5) is 26.5. The van der Waals surface area contributed by atoms with Gasteiger partial charge in [0.05, 0.1) is 16.5 Å². The number of primary amides is 1. The third kappa shape index (κ3) is 4.48. The number of rotatable bonds is 5. The van der Waals surface area contributed by atoms with E-state index < -0.39 is 5.91 Å². The lowest BCUT2D eigenvalue weighted by molar-refractivity contribution is -0.117. The second kappa shape index (κ2) is 6.69. The molecular formula is C11H11ClN4O2S2. The number of nitrogens with two attached hydrogens (primary N) is 1. The molecule has 0 aromatic carbocycles. The molecule has 3 amide bonds. The number of nitrogens with one attached hydrogen (secondary N) is 2. The van der Waals surface area contributed by atoms with Crippen LogP contribution in [0, 0.1) is 0 Å². The minimum Gasteiger partial charge on any atom is -0.369 e. The normalized spacial score (nSPS) is 10.2. The first-order chi connectivity index (χ1) is 9.52. The van der Waals surface area contributed by atoms with E-state index in [1.165, 1.54) is 22.7 Å². The van der Waals surface area contributed by atoms with Crippen LogP contribution >= 0.6 is 34.3 Å². The first kappa shape index (κ1) is 14.8. The van der Waals surface area contributed by atoms with E-state index in [2.05, 4.69) is 15.6 Å². The summed E-state index contributed by atoms with van der Waals surface area (Å²) >= 11 is 8.44. The molecule has 0 fully saturated rings. The van der Waals surface area contributed by atoms with Gasteiger partial charge < -0.3 is 11.1 Å². The number of amides is 3. The highest BCUT2D eigenvalue weighted by molar-refractivity contribution is 7.14. The number of anilines is 1. The first-order valence-corrected chi connectivity index (χ1v) is 7.67. The van der Waals surface area contributed by atoms with Crippen LogP contribution in [-0.4, -0.2) is 16.9 Å². The highest BCUT2D eigenvalue weighted by Crippen LogP contribution is 2.19. The Hall–Kier alpha value is -1.64. The molecule has 0 saturated carbocycles. The lowest BCUT2D eigenvalue weighted by atomic mass is 10.3. The molecule has 2 rings (SSSR count). The van der Waals surface area contributed by atoms with Gasteiger partial charge >= 0.3 is 6.03 Å². The number of urea groups is 1. The molecular weight excluding hydrogens is 320 g/mol. The largest absolute Gasteiger partial charge is 0.369 e. The second-order valence-corrected chi connectivity index (χ2v) is 6.25. The maximum Gasteiger partial charge on any atom is 0.321 e. The number of carbonyl (C=O) groups excluding carboxylic acids is 2. The number of thiophene rings is 1. The molecule has 0 spiro atoms. The van der Waals surface area contributed by atoms with Crippen molar-refractivity contribution in [2.24, 2.45) is 5.73 Å². The average molecular weight is 331 g/mol. The van der Waals surface area contributed by atoms with E-state index >= 15 is 0 Å². The Bertz CT molecular complexity index is 625. The Labute approximate surface area is 128 Å². The molecule has 0 saturated heterocycles. The van der Waals surface area contributed by atoms with Crippen molar-refractivity contribution in [1.82, 2.24) is 10.3 Å². The molecule has 2 aromatic rings. The van der Waals surface area contributed by atoms with Gasteiger partial charge in [0.1, 0.15) is 0 Å². The van der Waals surface area contributed by atoms with Crippen molar-refractivity contribution in [2.75, 3.05) is 5.32 Å². The van der Waals surface area contributed by atoms with Crippen molar-refractivity contribution in [3.63, 3.8) is 0 Å². The zero-order valence-corrected chi connectivity index (χ0v) is 12.6. The fraction of sp³-hybridized carbons (Fsp3) is 0.182. The Morgan fingerprint density at radius 3 is 2.80 bits per heavy atom. The number of aromatic nitrogens is 1. The molecule has 106 valence electrons. The van der Waals surface area contributed by atoms with E-state index in [0.29, 0.717) is 21.7 Å². The van der Waals surface area contributed by atoms with Crippen LogP contribution in [-0.2, 0) is 17.8 Å². The Balaban J connectivity index is 1.82. The van der Waals surface area contributed by atoms with Gasteiger partial charge in [-0.05, 0) is 17.0 Å². The standard InChI is InChI=1S/C11H11ClN4O2S2/c12-8-1-6(4-19-8)3-14-10(18)16-11-15-7(5-20-11)2-9(13)17/h1,4-5H,2-3H2,(H2,13,17)(H2,14,15,16,18). The summed E-state index contributed by atoms with van der Waals surface area (Å²) in [5.41, 5.74) is 6.54. The van der Waals surface area contributed by atoms with Gasteiger partial charge in [0.25, 0.3) is 0 Å². The summed E-state index contributed by atoms with van der Waals surface area (Å²) < 4.78 is 0.679. The monoisotopic (exact) mass is 330 g/mol. The molecule has 0 atom stereocenters. The Morgan fingerprint density at radius 2 is 2.15 bits per heavy atom. The van der Waals surface area contributed by atoms with E-state index in [0.717, 1.165) is 5.56 Å². The quantitative estimate of drug-likeness (QED) is 0.784. The lowest BCUT2D eigenvalue weighted by Gasteiger charge is -2.03. The fourth-order valence-corrected chi connectivity index (χ4v) is 3.00. The van der Waals surface area contributed by atoms with Crippen LogP contribution in [0.2, 0.25) is 4.34 Å². The number of thiazole rings is 1. The van der Waals surface area contributed by atoms with Crippen LogP contribution in [0.25, 0.3) is 0 Å². The minimum absolute atomic E-state index is 0.0627. The van der Waals surface area contributed by atoms with Crippen LogP contribution in [0.15, 0.2) is 16.8 Å². The van der Waals surface area contributed by atoms with E-state index in [9.17, 15) is 9.59 Å². The molecule has 9 heteroatoms. The van der Waals surface area contributed by atoms with Gasteiger partial charge in [0.15, 0.2) is 5.13 Å². The van der Waals surface area contributed by atoms with E-state index in [1.54, 1.807) is 11.4 Å². The lowest BCUT2D eigenvalue weighted by Crippen LogP contribution is -2.28. The molecule has 0 bridgehead atoms. The fourth-order valence-electron chi connectivity index (χ4n) is 1.39. The van der Waals surface area contributed by atoms with E-state index in [4.69, 9.17) is 17.3 Å². The summed E-state index contributed by atoms with van der Waals surface area (Å²) in [7, 11) is 0. The van der Waals surface area contributed by atoms with Crippen molar-refractivity contribution in [3.05, 3.63) is 32.4 Å². The van der Waals surface area contributed by atoms with Crippen molar-refractivity contribution in [1.29, 1.82) is 0 Å². The SMILES string of the molecule is NC(=O)Cc1csc(NC(=O)NCc2csc(Cl)c2)n1. The average Bonchev–Trinajstić information content (AvgIpc) is 2.95. The summed E-state index contributed by atoms with van der Waals surface area (Å²) in [5.74, 6) is -0.458. The van der Waals surface area contributed by atoms with Crippen LogP contribution < -0.4 is 16.4 Å². The van der Waals surface area contributed by atoms with Gasteiger partial charge in [-0.15, -0.1) is 22.7 Å². The smallest absolute Gasteiger partial charge is 0.321 e. The third-order valence-electron chi connectivity index (χ3n) is 2.20. The van der Waals surface area contributed by atoms with Gasteiger partial charge in [-0.25, -0.2) is 9.78 Å². The van der Waals surface area contributed by atoms with Gasteiger partial charge in [-0.2, -0.15) is 0 Å². The maximum absolute atomic E-state index is 11.6. The number of carbonyl (C=O) groups is 2. The highest BCUT2D eigenvalue weighted by atomic mass is 35.5. The second-order valence-electron chi connectivity index (χ2n) is 3.85. The third-order valence-corrected chi connectivity index (χ3v) is 4.15. The molecule has 0 aliphatic carbocycles. The van der Waals surface area contributed by atoms with Gasteiger partial charge in [-0.3, -0.25) is 10.1 Å². The minimum atomic E-state index is -0.458. The molecule has 4 N–H and O–H groups in total. The molecule has 0 unspecified atom stereocenters. The van der Waals surface area contributed by atoms with E-state index in [-0.39, 0.29) is 12.5 Å². The Morgan fingerprint density at radius 1 is 1.35 bits per heavy atom. The highest BCUT2D eigenvalue weighted by Gasteiger charge is 2.08. The topological polar surface area (TPSA) is 97.1 Å². The Kier molecular flexibility index (Phi) is 4.94. The summed E-state index contributed by atoms with van der Waals surface area (Å²) in [6.45, 7) is 0.384. The van der Waals surface area contributed by atoms with Crippen molar-refractivity contribution < 1.29 is 9.59 Å². The molecule has 0 aliphatic heterocycles. The first-order valence-electron chi connectivity index (χ1n) is 5.53. The predicted molar refractivity (Wildman–Crippen MR) is 80.2 cm³/mol. The van der Waals surface area contributed by atoms with Gasteiger partial charge in [0, 0.05) is 11.9 Å². The number of hydrogen-bond donors (Lipinski definition) is 3. The van der Waals surface area contributed by atoms with Gasteiger partial charge in [-0.1, -0.05) is 11.6 Å². The summed E-state index contributed by atoms with van der Waals surface area (Å²) in [5, 5.41) is 9.24. The molecule has 0 aliphatic rings. The number of halogens is 1. The molecule has 2 heterocycles. The summed E-state index contributed by atoms with van der Waals surface area (Å²) in [6, 6.07) is 1.42. The van der Waals surface area contributed by atoms with E-state index in [1.807, 2.05) is 5.38 Å². The van der Waals surface area contributed by atoms with Crippen LogP contribution in [0.1, 0.15) is 11.3 Å². The van der Waals surface area contributed by atoms with Crippen LogP contribution in [0.3, 0.4) is 0 Å².